The smallest absolute Gasteiger partial charge is 0.264 e. The molecule has 4 rings (SSSR count). The molecule has 1 atom stereocenters. The standard InChI is InChI=1S/C34H37N3O5S/c1-25-13-19-31(20-14-25)43(40,41)37(29-15-17-30(42-4)18-16-29)24-33(38)36(23-28-12-8-9-26(2)21-28)32(34(39)35-3)22-27-10-6-5-7-11-27/h5-21,32H,22-24H2,1-4H3,(H,35,39)/t32-/m1/s1. The number of nitrogens with zero attached hydrogens (tertiary/aromatic N) is 2. The van der Waals surface area contributed by atoms with E-state index in [4.69, 9.17) is 4.74 Å². The van der Waals surface area contributed by atoms with Gasteiger partial charge in [-0.05, 0) is 61.4 Å². The van der Waals surface area contributed by atoms with Crippen LogP contribution in [-0.4, -0.2) is 51.9 Å². The van der Waals surface area contributed by atoms with E-state index in [0.717, 1.165) is 26.6 Å². The van der Waals surface area contributed by atoms with Crippen molar-refractivity contribution in [3.05, 3.63) is 125 Å². The van der Waals surface area contributed by atoms with Gasteiger partial charge in [-0.25, -0.2) is 8.42 Å². The first-order valence-electron chi connectivity index (χ1n) is 14.0. The maximum Gasteiger partial charge on any atom is 0.264 e. The highest BCUT2D eigenvalue weighted by atomic mass is 32.2. The van der Waals surface area contributed by atoms with E-state index < -0.39 is 28.5 Å². The molecule has 1 N–H and O–H groups in total. The fourth-order valence-corrected chi connectivity index (χ4v) is 6.26. The molecule has 0 aliphatic heterocycles. The second-order valence-corrected chi connectivity index (χ2v) is 12.2. The summed E-state index contributed by atoms with van der Waals surface area (Å²) in [4.78, 5) is 29.2. The minimum Gasteiger partial charge on any atom is -0.497 e. The number of rotatable bonds is 12. The van der Waals surface area contributed by atoms with Crippen LogP contribution in [-0.2, 0) is 32.6 Å². The van der Waals surface area contributed by atoms with Gasteiger partial charge in [-0.1, -0.05) is 77.9 Å². The Kier molecular flexibility index (Phi) is 10.2. The first kappa shape index (κ1) is 31.3. The number of anilines is 1. The molecule has 0 spiro atoms. The van der Waals surface area contributed by atoms with Crippen LogP contribution in [0.25, 0.3) is 0 Å². The van der Waals surface area contributed by atoms with Gasteiger partial charge >= 0.3 is 0 Å². The second-order valence-electron chi connectivity index (χ2n) is 10.4. The molecule has 4 aromatic rings. The van der Waals surface area contributed by atoms with Crippen molar-refractivity contribution >= 4 is 27.5 Å². The molecular formula is C34H37N3O5S. The van der Waals surface area contributed by atoms with Crippen LogP contribution >= 0.6 is 0 Å². The Bertz CT molecular complexity index is 1640. The Morgan fingerprint density at radius 2 is 1.47 bits per heavy atom. The number of hydrogen-bond donors (Lipinski definition) is 1. The molecule has 0 saturated carbocycles. The number of likely N-dealkylation sites (N-methyl/N-ethyl adjacent to an activating group) is 1. The minimum atomic E-state index is -4.16. The molecule has 224 valence electrons. The molecule has 0 radical (unpaired) electrons. The number of amides is 2. The topological polar surface area (TPSA) is 96.0 Å². The highest BCUT2D eigenvalue weighted by Crippen LogP contribution is 2.27. The average Bonchev–Trinajstić information content (AvgIpc) is 3.02. The van der Waals surface area contributed by atoms with Crippen molar-refractivity contribution in [1.82, 2.24) is 10.2 Å². The number of carbonyl (C=O) groups is 2. The van der Waals surface area contributed by atoms with E-state index in [2.05, 4.69) is 5.32 Å². The van der Waals surface area contributed by atoms with Crippen LogP contribution in [0.15, 0.2) is 108 Å². The van der Waals surface area contributed by atoms with Crippen molar-refractivity contribution in [2.45, 2.75) is 37.8 Å². The van der Waals surface area contributed by atoms with Crippen LogP contribution in [0.1, 0.15) is 22.3 Å². The molecule has 9 heteroatoms. The number of aryl methyl sites for hydroxylation is 2. The minimum absolute atomic E-state index is 0.0547. The van der Waals surface area contributed by atoms with Gasteiger partial charge in [0.1, 0.15) is 18.3 Å². The van der Waals surface area contributed by atoms with Gasteiger partial charge < -0.3 is 15.0 Å². The van der Waals surface area contributed by atoms with Gasteiger partial charge in [0.2, 0.25) is 11.8 Å². The van der Waals surface area contributed by atoms with Crippen LogP contribution in [0.3, 0.4) is 0 Å². The van der Waals surface area contributed by atoms with Gasteiger partial charge in [-0.3, -0.25) is 13.9 Å². The fourth-order valence-electron chi connectivity index (χ4n) is 4.84. The van der Waals surface area contributed by atoms with Crippen LogP contribution in [0.2, 0.25) is 0 Å². The third-order valence-electron chi connectivity index (χ3n) is 7.20. The molecule has 0 aromatic heterocycles. The SMILES string of the molecule is CNC(=O)[C@@H](Cc1ccccc1)N(Cc1cccc(C)c1)C(=O)CN(c1ccc(OC)cc1)S(=O)(=O)c1ccc(C)cc1. The van der Waals surface area contributed by atoms with E-state index >= 15 is 0 Å². The normalized spacial score (nSPS) is 11.8. The zero-order valence-electron chi connectivity index (χ0n) is 24.9. The highest BCUT2D eigenvalue weighted by Gasteiger charge is 2.34. The maximum atomic E-state index is 14.3. The maximum absolute atomic E-state index is 14.3. The Morgan fingerprint density at radius 1 is 0.814 bits per heavy atom. The number of benzene rings is 4. The van der Waals surface area contributed by atoms with Gasteiger partial charge in [0, 0.05) is 20.0 Å². The lowest BCUT2D eigenvalue weighted by atomic mass is 10.0. The molecule has 8 nitrogen and oxygen atoms in total. The number of hydrogen-bond acceptors (Lipinski definition) is 5. The fraction of sp³-hybridized carbons (Fsp3) is 0.235. The Morgan fingerprint density at radius 3 is 2.07 bits per heavy atom. The van der Waals surface area contributed by atoms with E-state index in [0.29, 0.717) is 11.4 Å². The molecule has 0 bridgehead atoms. The molecular weight excluding hydrogens is 562 g/mol. The van der Waals surface area contributed by atoms with Crippen molar-refractivity contribution < 1.29 is 22.7 Å². The van der Waals surface area contributed by atoms with Gasteiger partial charge in [-0.2, -0.15) is 0 Å². The zero-order chi connectivity index (χ0) is 31.0. The number of ether oxygens (including phenoxy) is 1. The average molecular weight is 600 g/mol. The number of carbonyl (C=O) groups excluding carboxylic acids is 2. The van der Waals surface area contributed by atoms with E-state index in [-0.39, 0.29) is 23.8 Å². The molecule has 0 saturated heterocycles. The van der Waals surface area contributed by atoms with Crippen molar-refractivity contribution in [3.63, 3.8) is 0 Å². The van der Waals surface area contributed by atoms with E-state index in [1.807, 2.05) is 68.4 Å². The largest absolute Gasteiger partial charge is 0.497 e. The van der Waals surface area contributed by atoms with Crippen molar-refractivity contribution in [1.29, 1.82) is 0 Å². The molecule has 0 heterocycles. The summed E-state index contributed by atoms with van der Waals surface area (Å²) in [5.74, 6) is -0.314. The quantitative estimate of drug-likeness (QED) is 0.250. The van der Waals surface area contributed by atoms with Gasteiger partial charge in [0.25, 0.3) is 10.0 Å². The lowest BCUT2D eigenvalue weighted by molar-refractivity contribution is -0.139. The van der Waals surface area contributed by atoms with Crippen LogP contribution in [0.5, 0.6) is 5.75 Å². The van der Waals surface area contributed by atoms with Gasteiger partial charge in [-0.15, -0.1) is 0 Å². The van der Waals surface area contributed by atoms with E-state index in [1.54, 1.807) is 36.4 Å². The first-order valence-corrected chi connectivity index (χ1v) is 15.4. The second kappa shape index (κ2) is 14.0. The molecule has 0 fully saturated rings. The van der Waals surface area contributed by atoms with Gasteiger partial charge in [0.05, 0.1) is 17.7 Å². The molecule has 0 aliphatic carbocycles. The van der Waals surface area contributed by atoms with Crippen LogP contribution in [0.4, 0.5) is 5.69 Å². The lowest BCUT2D eigenvalue weighted by Gasteiger charge is -2.33. The van der Waals surface area contributed by atoms with Crippen LogP contribution < -0.4 is 14.4 Å². The highest BCUT2D eigenvalue weighted by molar-refractivity contribution is 7.92. The number of sulfonamides is 1. The van der Waals surface area contributed by atoms with E-state index in [9.17, 15) is 18.0 Å². The predicted octanol–water partition coefficient (Wildman–Crippen LogP) is 4.89. The molecule has 4 aromatic carbocycles. The molecule has 2 amide bonds. The molecule has 0 unspecified atom stereocenters. The third-order valence-corrected chi connectivity index (χ3v) is 8.99. The summed E-state index contributed by atoms with van der Waals surface area (Å²) in [6.45, 7) is 3.43. The summed E-state index contributed by atoms with van der Waals surface area (Å²) in [5, 5.41) is 2.70. The lowest BCUT2D eigenvalue weighted by Crippen LogP contribution is -2.53. The third kappa shape index (κ3) is 7.81. The van der Waals surface area contributed by atoms with Crippen molar-refractivity contribution in [2.75, 3.05) is 25.0 Å². The van der Waals surface area contributed by atoms with Crippen molar-refractivity contribution in [2.24, 2.45) is 0 Å². The number of nitrogens with one attached hydrogen (secondary N) is 1. The summed E-state index contributed by atoms with van der Waals surface area (Å²) in [6.07, 6.45) is 0.255. The first-order chi connectivity index (χ1) is 20.6. The Hall–Kier alpha value is -4.63. The van der Waals surface area contributed by atoms with Crippen LogP contribution in [0, 0.1) is 13.8 Å². The van der Waals surface area contributed by atoms with E-state index in [1.165, 1.54) is 31.2 Å². The summed E-state index contributed by atoms with van der Waals surface area (Å²) in [5.41, 5.74) is 3.91. The summed E-state index contributed by atoms with van der Waals surface area (Å²) >= 11 is 0. The molecule has 0 aliphatic rings. The Balaban J connectivity index is 1.79. The predicted molar refractivity (Wildman–Crippen MR) is 168 cm³/mol. The summed E-state index contributed by atoms with van der Waals surface area (Å²) < 4.78 is 34.5. The summed E-state index contributed by atoms with van der Waals surface area (Å²) in [6, 6.07) is 29.2. The zero-order valence-corrected chi connectivity index (χ0v) is 25.7. The van der Waals surface area contributed by atoms with Gasteiger partial charge in [0.15, 0.2) is 0 Å². The van der Waals surface area contributed by atoms with Crippen molar-refractivity contribution in [3.8, 4) is 5.75 Å². The summed E-state index contributed by atoms with van der Waals surface area (Å²) in [7, 11) is -1.11. The monoisotopic (exact) mass is 599 g/mol. The Labute approximate surface area is 254 Å². The number of methoxy groups -OCH3 is 1. The molecule has 43 heavy (non-hydrogen) atoms.